The number of carbonyl (C=O) groups is 1. The van der Waals surface area contributed by atoms with Gasteiger partial charge in [-0.2, -0.15) is 0 Å². The summed E-state index contributed by atoms with van der Waals surface area (Å²) in [7, 11) is 0. The van der Waals surface area contributed by atoms with Gasteiger partial charge in [0.1, 0.15) is 17.2 Å². The van der Waals surface area contributed by atoms with Crippen molar-refractivity contribution < 1.29 is 18.7 Å². The minimum absolute atomic E-state index is 0.0367. The SMILES string of the molecule is CC(C)(C)OC(=O)COc1ccc(N)c(F)c1. The molecule has 2 N–H and O–H groups in total. The Morgan fingerprint density at radius 1 is 1.41 bits per heavy atom. The molecule has 94 valence electrons. The summed E-state index contributed by atoms with van der Waals surface area (Å²) in [6.45, 7) is 5.01. The van der Waals surface area contributed by atoms with Gasteiger partial charge in [-0.15, -0.1) is 0 Å². The van der Waals surface area contributed by atoms with Crippen LogP contribution in [0.2, 0.25) is 0 Å². The maximum atomic E-state index is 13.1. The quantitative estimate of drug-likeness (QED) is 0.650. The molecule has 1 aromatic carbocycles. The van der Waals surface area contributed by atoms with E-state index in [1.165, 1.54) is 12.1 Å². The first-order valence-corrected chi connectivity index (χ1v) is 5.17. The van der Waals surface area contributed by atoms with E-state index in [0.29, 0.717) is 0 Å². The lowest BCUT2D eigenvalue weighted by Gasteiger charge is -2.19. The van der Waals surface area contributed by atoms with Crippen molar-refractivity contribution >= 4 is 11.7 Å². The second-order valence-corrected chi connectivity index (χ2v) is 4.56. The van der Waals surface area contributed by atoms with Crippen molar-refractivity contribution in [3.63, 3.8) is 0 Å². The molecule has 1 rings (SSSR count). The summed E-state index contributed by atoms with van der Waals surface area (Å²) in [5.74, 6) is -0.844. The Hall–Kier alpha value is -1.78. The van der Waals surface area contributed by atoms with E-state index in [1.807, 2.05) is 0 Å². The van der Waals surface area contributed by atoms with Crippen molar-refractivity contribution in [2.45, 2.75) is 26.4 Å². The predicted octanol–water partition coefficient (Wildman–Crippen LogP) is 2.13. The van der Waals surface area contributed by atoms with Gasteiger partial charge in [-0.1, -0.05) is 0 Å². The number of ether oxygens (including phenoxy) is 2. The molecular weight excluding hydrogens is 225 g/mol. The molecule has 0 radical (unpaired) electrons. The van der Waals surface area contributed by atoms with Gasteiger partial charge in [0, 0.05) is 6.07 Å². The Balaban J connectivity index is 2.50. The lowest BCUT2D eigenvalue weighted by molar-refractivity contribution is -0.157. The molecule has 0 aliphatic rings. The third-order valence-corrected chi connectivity index (χ3v) is 1.75. The molecule has 17 heavy (non-hydrogen) atoms. The molecule has 0 spiro atoms. The smallest absolute Gasteiger partial charge is 0.344 e. The van der Waals surface area contributed by atoms with Gasteiger partial charge in [0.25, 0.3) is 0 Å². The second kappa shape index (κ2) is 5.03. The Morgan fingerprint density at radius 3 is 2.59 bits per heavy atom. The van der Waals surface area contributed by atoms with Crippen LogP contribution in [-0.2, 0) is 9.53 Å². The van der Waals surface area contributed by atoms with E-state index in [-0.39, 0.29) is 18.0 Å². The summed E-state index contributed by atoms with van der Waals surface area (Å²) in [5, 5.41) is 0. The number of rotatable bonds is 3. The first-order valence-electron chi connectivity index (χ1n) is 5.17. The van der Waals surface area contributed by atoms with Crippen molar-refractivity contribution in [2.75, 3.05) is 12.3 Å². The lowest BCUT2D eigenvalue weighted by Crippen LogP contribution is -2.27. The fourth-order valence-corrected chi connectivity index (χ4v) is 1.11. The molecule has 0 aromatic heterocycles. The molecule has 0 atom stereocenters. The molecular formula is C12H16FNO3. The van der Waals surface area contributed by atoms with Crippen molar-refractivity contribution in [1.29, 1.82) is 0 Å². The molecule has 5 heteroatoms. The largest absolute Gasteiger partial charge is 0.482 e. The average molecular weight is 241 g/mol. The van der Waals surface area contributed by atoms with Crippen LogP contribution in [-0.4, -0.2) is 18.2 Å². The number of nitrogen functional groups attached to an aromatic ring is 1. The van der Waals surface area contributed by atoms with Crippen LogP contribution in [0.15, 0.2) is 18.2 Å². The van der Waals surface area contributed by atoms with Crippen molar-refractivity contribution in [3.05, 3.63) is 24.0 Å². The number of nitrogens with two attached hydrogens (primary N) is 1. The molecule has 1 aromatic rings. The Labute approximate surface area is 99.5 Å². The summed E-state index contributed by atoms with van der Waals surface area (Å²) in [5.41, 5.74) is 4.78. The standard InChI is InChI=1S/C12H16FNO3/c1-12(2,3)17-11(15)7-16-8-4-5-10(14)9(13)6-8/h4-6H,7,14H2,1-3H3. The summed E-state index contributed by atoms with van der Waals surface area (Å²) in [4.78, 5) is 11.3. The van der Waals surface area contributed by atoms with E-state index in [0.717, 1.165) is 6.07 Å². The van der Waals surface area contributed by atoms with E-state index in [9.17, 15) is 9.18 Å². The second-order valence-electron chi connectivity index (χ2n) is 4.56. The zero-order valence-corrected chi connectivity index (χ0v) is 10.1. The van der Waals surface area contributed by atoms with Crippen LogP contribution in [0.1, 0.15) is 20.8 Å². The zero-order valence-electron chi connectivity index (χ0n) is 10.1. The number of halogens is 1. The summed E-state index contributed by atoms with van der Waals surface area (Å²) in [6.07, 6.45) is 0. The maximum absolute atomic E-state index is 13.1. The fraction of sp³-hybridized carbons (Fsp3) is 0.417. The van der Waals surface area contributed by atoms with E-state index in [2.05, 4.69) is 0 Å². The Bertz CT molecular complexity index is 413. The number of esters is 1. The van der Waals surface area contributed by atoms with Crippen LogP contribution in [0.25, 0.3) is 0 Å². The minimum atomic E-state index is -0.577. The van der Waals surface area contributed by atoms with Crippen molar-refractivity contribution in [2.24, 2.45) is 0 Å². The van der Waals surface area contributed by atoms with Gasteiger partial charge in [0.2, 0.25) is 0 Å². The molecule has 4 nitrogen and oxygen atoms in total. The molecule has 0 unspecified atom stereocenters. The van der Waals surface area contributed by atoms with Gasteiger partial charge in [0.15, 0.2) is 6.61 Å². The molecule has 0 fully saturated rings. The predicted molar refractivity (Wildman–Crippen MR) is 62.2 cm³/mol. The van der Waals surface area contributed by atoms with Crippen LogP contribution < -0.4 is 10.5 Å². The number of carbonyl (C=O) groups excluding carboxylic acids is 1. The molecule has 0 saturated heterocycles. The highest BCUT2D eigenvalue weighted by molar-refractivity contribution is 5.71. The van der Waals surface area contributed by atoms with Gasteiger partial charge < -0.3 is 15.2 Å². The molecule has 0 amide bonds. The highest BCUT2D eigenvalue weighted by Gasteiger charge is 2.16. The molecule has 0 heterocycles. The monoisotopic (exact) mass is 241 g/mol. The number of anilines is 1. The third-order valence-electron chi connectivity index (χ3n) is 1.75. The summed E-state index contributed by atoms with van der Waals surface area (Å²) in [6, 6.07) is 3.99. The highest BCUT2D eigenvalue weighted by atomic mass is 19.1. The van der Waals surface area contributed by atoms with E-state index in [4.69, 9.17) is 15.2 Å². The topological polar surface area (TPSA) is 61.5 Å². The van der Waals surface area contributed by atoms with Gasteiger partial charge in [-0.05, 0) is 32.9 Å². The summed E-state index contributed by atoms with van der Waals surface area (Å²) < 4.78 is 23.2. The van der Waals surface area contributed by atoms with Crippen LogP contribution >= 0.6 is 0 Å². The number of hydrogen-bond acceptors (Lipinski definition) is 4. The Kier molecular flexibility index (Phi) is 3.93. The third kappa shape index (κ3) is 4.72. The fourth-order valence-electron chi connectivity index (χ4n) is 1.11. The summed E-state index contributed by atoms with van der Waals surface area (Å²) >= 11 is 0. The van der Waals surface area contributed by atoms with Gasteiger partial charge in [-0.3, -0.25) is 0 Å². The Morgan fingerprint density at radius 2 is 2.06 bits per heavy atom. The molecule has 0 bridgehead atoms. The van der Waals surface area contributed by atoms with Crippen molar-refractivity contribution in [1.82, 2.24) is 0 Å². The van der Waals surface area contributed by atoms with E-state index in [1.54, 1.807) is 20.8 Å². The first kappa shape index (κ1) is 13.3. The molecule has 0 aliphatic heterocycles. The van der Waals surface area contributed by atoms with Crippen LogP contribution in [0.5, 0.6) is 5.75 Å². The van der Waals surface area contributed by atoms with Crippen molar-refractivity contribution in [3.8, 4) is 5.75 Å². The normalized spacial score (nSPS) is 11.1. The van der Waals surface area contributed by atoms with Crippen LogP contribution in [0, 0.1) is 5.82 Å². The first-order chi connectivity index (χ1) is 7.78. The lowest BCUT2D eigenvalue weighted by atomic mass is 10.2. The molecule has 0 saturated carbocycles. The average Bonchev–Trinajstić information content (AvgIpc) is 2.17. The van der Waals surface area contributed by atoms with Crippen LogP contribution in [0.3, 0.4) is 0 Å². The highest BCUT2D eigenvalue weighted by Crippen LogP contribution is 2.18. The van der Waals surface area contributed by atoms with Gasteiger partial charge in [0.05, 0.1) is 5.69 Å². The van der Waals surface area contributed by atoms with E-state index < -0.39 is 17.4 Å². The van der Waals surface area contributed by atoms with E-state index >= 15 is 0 Å². The number of hydrogen-bond donors (Lipinski definition) is 1. The van der Waals surface area contributed by atoms with Crippen LogP contribution in [0.4, 0.5) is 10.1 Å². The maximum Gasteiger partial charge on any atom is 0.344 e. The van der Waals surface area contributed by atoms with Gasteiger partial charge >= 0.3 is 5.97 Å². The zero-order chi connectivity index (χ0) is 13.1. The minimum Gasteiger partial charge on any atom is -0.482 e. The molecule has 0 aliphatic carbocycles. The number of benzene rings is 1. The van der Waals surface area contributed by atoms with Gasteiger partial charge in [-0.25, -0.2) is 9.18 Å².